The summed E-state index contributed by atoms with van der Waals surface area (Å²) in [6.07, 6.45) is 14.0. The van der Waals surface area contributed by atoms with Gasteiger partial charge in [-0.1, -0.05) is 17.7 Å². The van der Waals surface area contributed by atoms with Gasteiger partial charge in [0, 0.05) is 44.3 Å². The molecule has 0 saturated heterocycles. The number of pyridine rings is 2. The molecule has 166 valence electrons. The summed E-state index contributed by atoms with van der Waals surface area (Å²) in [5, 5.41) is 12.2. The molecule has 0 unspecified atom stereocenters. The van der Waals surface area contributed by atoms with Gasteiger partial charge in [0.15, 0.2) is 0 Å². The normalized spacial score (nSPS) is 14.1. The molecule has 0 atom stereocenters. The van der Waals surface area contributed by atoms with E-state index in [0.29, 0.717) is 6.54 Å². The van der Waals surface area contributed by atoms with Crippen LogP contribution in [0.1, 0.15) is 37.4 Å². The first-order chi connectivity index (χ1) is 15.7. The molecule has 8 nitrogen and oxygen atoms in total. The number of anilines is 1. The van der Waals surface area contributed by atoms with Gasteiger partial charge >= 0.3 is 0 Å². The molecule has 1 aliphatic carbocycles. The summed E-state index contributed by atoms with van der Waals surface area (Å²) >= 11 is 0. The molecule has 0 aliphatic heterocycles. The second-order valence-electron chi connectivity index (χ2n) is 8.71. The fourth-order valence-electron chi connectivity index (χ4n) is 4.02. The molecular formula is C24H30N8. The van der Waals surface area contributed by atoms with Gasteiger partial charge in [-0.2, -0.15) is 0 Å². The van der Waals surface area contributed by atoms with Gasteiger partial charge < -0.3 is 14.6 Å². The maximum Gasteiger partial charge on any atom is 0.137 e. The van der Waals surface area contributed by atoms with Crippen LogP contribution in [-0.2, 0) is 13.1 Å². The minimum atomic E-state index is 0.575. The zero-order valence-electron chi connectivity index (χ0n) is 18.8. The highest BCUT2D eigenvalue weighted by molar-refractivity contribution is 5.62. The second kappa shape index (κ2) is 9.08. The van der Waals surface area contributed by atoms with E-state index in [-0.39, 0.29) is 0 Å². The topological polar surface area (TPSA) is 76.2 Å². The summed E-state index contributed by atoms with van der Waals surface area (Å²) in [6, 6.07) is 6.33. The molecule has 0 bridgehead atoms. The zero-order chi connectivity index (χ0) is 21.9. The van der Waals surface area contributed by atoms with Crippen molar-refractivity contribution in [3.8, 4) is 11.3 Å². The molecule has 1 saturated carbocycles. The van der Waals surface area contributed by atoms with Crippen molar-refractivity contribution in [1.82, 2.24) is 34.7 Å². The van der Waals surface area contributed by atoms with Crippen LogP contribution in [0.15, 0.2) is 49.2 Å². The van der Waals surface area contributed by atoms with E-state index in [1.807, 2.05) is 23.3 Å². The standard InChI is InChI=1S/C24H30N8/c1-3-30(2)22-9-20(12-26-13-22)23-17-32(29-28-23)16-21-15-31-14-19(7-8-24(31)27-21)11-25-10-18-5-4-6-18/h7-9,12-15,17-18,25H,3-6,10-11,16H2,1-2H3. The Morgan fingerprint density at radius 3 is 2.88 bits per heavy atom. The minimum Gasteiger partial charge on any atom is -0.374 e. The molecule has 0 radical (unpaired) electrons. The third-order valence-electron chi connectivity index (χ3n) is 6.35. The smallest absolute Gasteiger partial charge is 0.137 e. The van der Waals surface area contributed by atoms with E-state index < -0.39 is 0 Å². The van der Waals surface area contributed by atoms with Crippen LogP contribution < -0.4 is 10.2 Å². The Morgan fingerprint density at radius 2 is 2.06 bits per heavy atom. The number of aromatic nitrogens is 6. The summed E-state index contributed by atoms with van der Waals surface area (Å²) < 4.78 is 3.93. The Morgan fingerprint density at radius 1 is 1.16 bits per heavy atom. The van der Waals surface area contributed by atoms with E-state index in [2.05, 4.69) is 74.5 Å². The first-order valence-electron chi connectivity index (χ1n) is 11.4. The maximum absolute atomic E-state index is 4.75. The minimum absolute atomic E-state index is 0.575. The van der Waals surface area contributed by atoms with Crippen LogP contribution in [0.25, 0.3) is 16.9 Å². The summed E-state index contributed by atoms with van der Waals surface area (Å²) in [7, 11) is 2.05. The Hall–Kier alpha value is -3.26. The summed E-state index contributed by atoms with van der Waals surface area (Å²) in [5.74, 6) is 0.872. The lowest BCUT2D eigenvalue weighted by molar-refractivity contribution is 0.301. The number of hydrogen-bond acceptors (Lipinski definition) is 6. The number of imidazole rings is 1. The fraction of sp³-hybridized carbons (Fsp3) is 0.417. The Labute approximate surface area is 188 Å². The highest BCUT2D eigenvalue weighted by Crippen LogP contribution is 2.25. The number of nitrogens with one attached hydrogen (secondary N) is 1. The van der Waals surface area contributed by atoms with Crippen LogP contribution in [-0.4, -0.2) is 49.5 Å². The number of fused-ring (bicyclic) bond motifs is 1. The van der Waals surface area contributed by atoms with Gasteiger partial charge in [-0.3, -0.25) is 4.98 Å². The lowest BCUT2D eigenvalue weighted by Gasteiger charge is -2.25. The third kappa shape index (κ3) is 4.50. The molecule has 1 N–H and O–H groups in total. The van der Waals surface area contributed by atoms with Crippen molar-refractivity contribution in [2.75, 3.05) is 25.0 Å². The van der Waals surface area contributed by atoms with Crippen LogP contribution in [0.3, 0.4) is 0 Å². The van der Waals surface area contributed by atoms with Crippen LogP contribution in [0, 0.1) is 5.92 Å². The molecule has 8 heteroatoms. The van der Waals surface area contributed by atoms with Gasteiger partial charge in [0.25, 0.3) is 0 Å². The van der Waals surface area contributed by atoms with Gasteiger partial charge in [0.05, 0.1) is 30.3 Å². The average Bonchev–Trinajstić information content (AvgIpc) is 3.41. The van der Waals surface area contributed by atoms with Crippen molar-refractivity contribution in [2.24, 2.45) is 5.92 Å². The average molecular weight is 431 g/mol. The number of rotatable bonds is 9. The van der Waals surface area contributed by atoms with Crippen molar-refractivity contribution in [2.45, 2.75) is 39.3 Å². The maximum atomic E-state index is 4.75. The molecule has 0 amide bonds. The van der Waals surface area contributed by atoms with Crippen molar-refractivity contribution in [3.05, 3.63) is 60.4 Å². The van der Waals surface area contributed by atoms with Gasteiger partial charge in [0.1, 0.15) is 11.3 Å². The van der Waals surface area contributed by atoms with E-state index in [1.54, 1.807) is 0 Å². The lowest BCUT2D eigenvalue weighted by Crippen LogP contribution is -2.26. The largest absolute Gasteiger partial charge is 0.374 e. The van der Waals surface area contributed by atoms with Crippen LogP contribution >= 0.6 is 0 Å². The predicted octanol–water partition coefficient (Wildman–Crippen LogP) is 3.38. The molecule has 0 spiro atoms. The summed E-state index contributed by atoms with van der Waals surface area (Å²) in [6.45, 7) is 5.63. The van der Waals surface area contributed by atoms with Gasteiger partial charge in [0.2, 0.25) is 0 Å². The molecular weight excluding hydrogens is 400 g/mol. The Kier molecular flexibility index (Phi) is 5.85. The quantitative estimate of drug-likeness (QED) is 0.439. The first-order valence-corrected chi connectivity index (χ1v) is 11.4. The molecule has 1 fully saturated rings. The van der Waals surface area contributed by atoms with Gasteiger partial charge in [-0.15, -0.1) is 5.10 Å². The van der Waals surface area contributed by atoms with Crippen molar-refractivity contribution < 1.29 is 0 Å². The molecule has 0 aromatic carbocycles. The van der Waals surface area contributed by atoms with E-state index in [1.165, 1.54) is 24.8 Å². The molecule has 4 heterocycles. The lowest BCUT2D eigenvalue weighted by atomic mass is 9.85. The molecule has 5 rings (SSSR count). The highest BCUT2D eigenvalue weighted by atomic mass is 15.4. The Balaban J connectivity index is 1.26. The van der Waals surface area contributed by atoms with Crippen molar-refractivity contribution in [1.29, 1.82) is 0 Å². The van der Waals surface area contributed by atoms with E-state index in [0.717, 1.165) is 53.8 Å². The molecule has 32 heavy (non-hydrogen) atoms. The Bertz CT molecular complexity index is 1190. The first kappa shape index (κ1) is 20.6. The van der Waals surface area contributed by atoms with Crippen LogP contribution in [0.4, 0.5) is 5.69 Å². The summed E-state index contributed by atoms with van der Waals surface area (Å²) in [4.78, 5) is 11.3. The zero-order valence-corrected chi connectivity index (χ0v) is 18.8. The second-order valence-corrected chi connectivity index (χ2v) is 8.71. The number of nitrogens with zero attached hydrogens (tertiary/aromatic N) is 7. The molecule has 4 aromatic rings. The van der Waals surface area contributed by atoms with Crippen LogP contribution in [0.2, 0.25) is 0 Å². The van der Waals surface area contributed by atoms with Gasteiger partial charge in [-0.05, 0) is 49.9 Å². The van der Waals surface area contributed by atoms with Crippen LogP contribution in [0.5, 0.6) is 0 Å². The van der Waals surface area contributed by atoms with E-state index in [9.17, 15) is 0 Å². The molecule has 1 aliphatic rings. The van der Waals surface area contributed by atoms with E-state index in [4.69, 9.17) is 4.98 Å². The summed E-state index contributed by atoms with van der Waals surface area (Å²) in [5.41, 5.74) is 6.02. The molecule has 4 aromatic heterocycles. The fourth-order valence-corrected chi connectivity index (χ4v) is 4.02. The van der Waals surface area contributed by atoms with Crippen molar-refractivity contribution >= 4 is 11.3 Å². The highest BCUT2D eigenvalue weighted by Gasteiger charge is 2.16. The van der Waals surface area contributed by atoms with E-state index >= 15 is 0 Å². The van der Waals surface area contributed by atoms with Gasteiger partial charge in [-0.25, -0.2) is 9.67 Å². The monoisotopic (exact) mass is 430 g/mol. The van der Waals surface area contributed by atoms with Crippen molar-refractivity contribution in [3.63, 3.8) is 0 Å². The third-order valence-corrected chi connectivity index (χ3v) is 6.35. The number of hydrogen-bond donors (Lipinski definition) is 1. The predicted molar refractivity (Wildman–Crippen MR) is 126 cm³/mol. The SMILES string of the molecule is CCN(C)c1cncc(-c2cn(Cc3cn4cc(CNCC5CCC5)ccc4n3)nn2)c1.